The lowest BCUT2D eigenvalue weighted by molar-refractivity contribution is 0.145. The average Bonchev–Trinajstić information content (AvgIpc) is 3.05. The van der Waals surface area contributed by atoms with Crippen LogP contribution in [0.15, 0.2) is 12.1 Å². The summed E-state index contributed by atoms with van der Waals surface area (Å²) in [6.45, 7) is 6.72. The smallest absolute Gasteiger partial charge is 0.0587 e. The summed E-state index contributed by atoms with van der Waals surface area (Å²) in [6.07, 6.45) is 3.43. The van der Waals surface area contributed by atoms with Crippen LogP contribution in [0.3, 0.4) is 0 Å². The highest BCUT2D eigenvalue weighted by molar-refractivity contribution is 7.11. The summed E-state index contributed by atoms with van der Waals surface area (Å²) in [6, 6.07) is 4.56. The van der Waals surface area contributed by atoms with Crippen molar-refractivity contribution in [2.45, 2.75) is 26.2 Å². The third kappa shape index (κ3) is 4.28. The minimum Gasteiger partial charge on any atom is -0.383 e. The molecule has 1 aliphatic heterocycles. The maximum atomic E-state index is 5.66. The first-order chi connectivity index (χ1) is 9.28. The molecule has 0 radical (unpaired) electrons. The van der Waals surface area contributed by atoms with Crippen molar-refractivity contribution < 1.29 is 9.47 Å². The molecule has 0 aliphatic carbocycles. The summed E-state index contributed by atoms with van der Waals surface area (Å²) < 4.78 is 10.7. The lowest BCUT2D eigenvalue weighted by atomic mass is 9.83. The van der Waals surface area contributed by atoms with E-state index in [1.807, 2.05) is 11.3 Å². The fraction of sp³-hybridized carbons (Fsp3) is 0.733. The van der Waals surface area contributed by atoms with Gasteiger partial charge in [-0.1, -0.05) is 6.92 Å². The Morgan fingerprint density at radius 2 is 2.26 bits per heavy atom. The second kappa shape index (κ2) is 7.39. The molecule has 0 amide bonds. The zero-order valence-corrected chi connectivity index (χ0v) is 12.9. The Morgan fingerprint density at radius 3 is 2.89 bits per heavy atom. The van der Waals surface area contributed by atoms with Gasteiger partial charge in [0.2, 0.25) is 0 Å². The molecular weight excluding hydrogens is 258 g/mol. The lowest BCUT2D eigenvalue weighted by Gasteiger charge is -2.27. The number of methoxy groups -OCH3 is 1. The van der Waals surface area contributed by atoms with Crippen molar-refractivity contribution in [3.05, 3.63) is 21.9 Å². The molecule has 0 saturated carbocycles. The molecule has 1 fully saturated rings. The zero-order chi connectivity index (χ0) is 13.6. The minimum atomic E-state index is 0.281. The minimum absolute atomic E-state index is 0.281. The normalized spacial score (nSPS) is 23.1. The van der Waals surface area contributed by atoms with Gasteiger partial charge >= 0.3 is 0 Å². The van der Waals surface area contributed by atoms with Crippen LogP contribution in [-0.4, -0.2) is 40.0 Å². The number of nitrogens with one attached hydrogen (secondary N) is 1. The Bertz CT molecular complexity index is 372. The number of ether oxygens (including phenoxy) is 2. The molecule has 19 heavy (non-hydrogen) atoms. The summed E-state index contributed by atoms with van der Waals surface area (Å²) in [5.74, 6) is 0. The number of thiophene rings is 1. The first-order valence-corrected chi connectivity index (χ1v) is 7.95. The van der Waals surface area contributed by atoms with E-state index in [1.165, 1.54) is 9.75 Å². The van der Waals surface area contributed by atoms with Gasteiger partial charge in [-0.2, -0.15) is 0 Å². The Hall–Kier alpha value is -0.420. The van der Waals surface area contributed by atoms with Crippen LogP contribution >= 0.6 is 11.3 Å². The second-order valence-electron chi connectivity index (χ2n) is 5.37. The van der Waals surface area contributed by atoms with Gasteiger partial charge in [0.25, 0.3) is 0 Å². The Kier molecular flexibility index (Phi) is 5.82. The first-order valence-electron chi connectivity index (χ1n) is 7.13. The summed E-state index contributed by atoms with van der Waals surface area (Å²) in [5.41, 5.74) is 0.281. The molecule has 1 aliphatic rings. The van der Waals surface area contributed by atoms with E-state index >= 15 is 0 Å². The standard InChI is InChI=1S/C15H25NO2S/c1-3-13-4-5-14(19-13)10-15(6-8-18-12-15)11-16-7-9-17-2/h4-5,16H,3,6-12H2,1-2H3. The van der Waals surface area contributed by atoms with Crippen molar-refractivity contribution in [3.63, 3.8) is 0 Å². The Balaban J connectivity index is 1.91. The highest BCUT2D eigenvalue weighted by Crippen LogP contribution is 2.34. The molecule has 1 aromatic rings. The van der Waals surface area contributed by atoms with Gasteiger partial charge in [-0.25, -0.2) is 0 Å². The number of hydrogen-bond donors (Lipinski definition) is 1. The fourth-order valence-electron chi connectivity index (χ4n) is 2.60. The van der Waals surface area contributed by atoms with E-state index in [4.69, 9.17) is 9.47 Å². The molecule has 3 nitrogen and oxygen atoms in total. The molecule has 2 rings (SSSR count). The van der Waals surface area contributed by atoms with Gasteiger partial charge in [0, 0.05) is 42.0 Å². The van der Waals surface area contributed by atoms with Crippen LogP contribution in [-0.2, 0) is 22.3 Å². The fourth-order valence-corrected chi connectivity index (χ4v) is 3.73. The molecular formula is C15H25NO2S. The summed E-state index contributed by atoms with van der Waals surface area (Å²) in [7, 11) is 1.74. The molecule has 4 heteroatoms. The molecule has 1 aromatic heterocycles. The SMILES string of the molecule is CCc1ccc(CC2(CNCCOC)CCOC2)s1. The van der Waals surface area contributed by atoms with Gasteiger partial charge in [0.1, 0.15) is 0 Å². The molecule has 2 heterocycles. The van der Waals surface area contributed by atoms with Crippen LogP contribution in [0.2, 0.25) is 0 Å². The van der Waals surface area contributed by atoms with Gasteiger partial charge in [-0.3, -0.25) is 0 Å². The highest BCUT2D eigenvalue weighted by Gasteiger charge is 2.35. The third-order valence-corrected chi connectivity index (χ3v) is 5.01. The number of rotatable bonds is 8. The van der Waals surface area contributed by atoms with Gasteiger partial charge in [0.15, 0.2) is 0 Å². The van der Waals surface area contributed by atoms with Gasteiger partial charge in [-0.15, -0.1) is 11.3 Å². The van der Waals surface area contributed by atoms with Crippen LogP contribution in [0, 0.1) is 5.41 Å². The molecule has 0 spiro atoms. The van der Waals surface area contributed by atoms with Crippen LogP contribution in [0.4, 0.5) is 0 Å². The Labute approximate surface area is 120 Å². The van der Waals surface area contributed by atoms with Crippen molar-refractivity contribution in [2.75, 3.05) is 40.0 Å². The quantitative estimate of drug-likeness (QED) is 0.744. The van der Waals surface area contributed by atoms with Crippen molar-refractivity contribution >= 4 is 11.3 Å². The van der Waals surface area contributed by atoms with E-state index in [1.54, 1.807) is 7.11 Å². The predicted molar refractivity (Wildman–Crippen MR) is 80.0 cm³/mol. The lowest BCUT2D eigenvalue weighted by Crippen LogP contribution is -2.37. The molecule has 108 valence electrons. The third-order valence-electron chi connectivity index (χ3n) is 3.78. The summed E-state index contributed by atoms with van der Waals surface area (Å²) in [5, 5.41) is 3.51. The monoisotopic (exact) mass is 283 g/mol. The highest BCUT2D eigenvalue weighted by atomic mass is 32.1. The molecule has 0 aromatic carbocycles. The molecule has 1 unspecified atom stereocenters. The predicted octanol–water partition coefficient (Wildman–Crippen LogP) is 2.50. The van der Waals surface area contributed by atoms with Gasteiger partial charge < -0.3 is 14.8 Å². The van der Waals surface area contributed by atoms with Crippen molar-refractivity contribution in [3.8, 4) is 0 Å². The van der Waals surface area contributed by atoms with E-state index in [0.29, 0.717) is 0 Å². The van der Waals surface area contributed by atoms with Gasteiger partial charge in [0.05, 0.1) is 13.2 Å². The number of hydrogen-bond acceptors (Lipinski definition) is 4. The van der Waals surface area contributed by atoms with Crippen LogP contribution in [0.5, 0.6) is 0 Å². The van der Waals surface area contributed by atoms with Crippen molar-refractivity contribution in [1.82, 2.24) is 5.32 Å². The zero-order valence-electron chi connectivity index (χ0n) is 12.0. The number of aryl methyl sites for hydroxylation is 1. The summed E-state index contributed by atoms with van der Waals surface area (Å²) >= 11 is 1.95. The van der Waals surface area contributed by atoms with E-state index in [0.717, 1.165) is 52.2 Å². The van der Waals surface area contributed by atoms with E-state index < -0.39 is 0 Å². The van der Waals surface area contributed by atoms with Crippen molar-refractivity contribution in [2.24, 2.45) is 5.41 Å². The molecule has 1 saturated heterocycles. The van der Waals surface area contributed by atoms with Crippen LogP contribution in [0.25, 0.3) is 0 Å². The van der Waals surface area contributed by atoms with Gasteiger partial charge in [-0.05, 0) is 31.4 Å². The topological polar surface area (TPSA) is 30.5 Å². The molecule has 1 N–H and O–H groups in total. The molecule has 0 bridgehead atoms. The maximum absolute atomic E-state index is 5.66. The average molecular weight is 283 g/mol. The van der Waals surface area contributed by atoms with E-state index in [-0.39, 0.29) is 5.41 Å². The van der Waals surface area contributed by atoms with Crippen LogP contribution < -0.4 is 5.32 Å². The summed E-state index contributed by atoms with van der Waals surface area (Å²) in [4.78, 5) is 2.98. The van der Waals surface area contributed by atoms with E-state index in [9.17, 15) is 0 Å². The largest absolute Gasteiger partial charge is 0.383 e. The van der Waals surface area contributed by atoms with Crippen LogP contribution in [0.1, 0.15) is 23.1 Å². The molecule has 1 atom stereocenters. The second-order valence-corrected chi connectivity index (χ2v) is 6.62. The maximum Gasteiger partial charge on any atom is 0.0587 e. The Morgan fingerprint density at radius 1 is 1.42 bits per heavy atom. The first kappa shape index (κ1) is 15.0. The van der Waals surface area contributed by atoms with E-state index in [2.05, 4.69) is 24.4 Å². The van der Waals surface area contributed by atoms with Crippen molar-refractivity contribution in [1.29, 1.82) is 0 Å².